The summed E-state index contributed by atoms with van der Waals surface area (Å²) >= 11 is 3.43. The lowest BCUT2D eigenvalue weighted by Crippen LogP contribution is -2.35. The minimum Gasteiger partial charge on any atom is -0.489 e. The van der Waals surface area contributed by atoms with Crippen LogP contribution < -0.4 is 10.1 Å². The second-order valence-electron chi connectivity index (χ2n) is 9.01. The van der Waals surface area contributed by atoms with Crippen molar-refractivity contribution in [2.45, 2.75) is 18.3 Å². The number of hydrogen-bond acceptors (Lipinski definition) is 9. The summed E-state index contributed by atoms with van der Waals surface area (Å²) in [6, 6.07) is 10.3. The molecule has 2 aromatic carbocycles. The molecule has 0 radical (unpaired) electrons. The minimum absolute atomic E-state index is 0.0312. The molecule has 2 unspecified atom stereocenters. The van der Waals surface area contributed by atoms with E-state index in [1.807, 2.05) is 48.8 Å². The zero-order valence-electron chi connectivity index (χ0n) is 21.0. The molecule has 0 aliphatic carbocycles. The molecule has 0 fully saturated rings. The molecule has 2 atom stereocenters. The number of thiazole rings is 1. The number of aryl methyl sites for hydroxylation is 1. The Morgan fingerprint density at radius 3 is 2.72 bits per heavy atom. The van der Waals surface area contributed by atoms with E-state index in [2.05, 4.69) is 75.7 Å². The molecule has 0 aliphatic heterocycles. The number of ether oxygens (including phenoxy) is 1. The van der Waals surface area contributed by atoms with Crippen LogP contribution in [0.5, 0.6) is 5.75 Å². The molecule has 36 heavy (non-hydrogen) atoms. The molecule has 8 nitrogen and oxygen atoms in total. The Morgan fingerprint density at radius 1 is 1.11 bits per heavy atom. The van der Waals surface area contributed by atoms with Gasteiger partial charge in [-0.3, -0.25) is 4.68 Å². The minimum atomic E-state index is -0.0312. The number of thioether (sulfide) groups is 1. The van der Waals surface area contributed by atoms with Gasteiger partial charge in [-0.1, -0.05) is 0 Å². The highest BCUT2D eigenvalue weighted by molar-refractivity contribution is 7.99. The zero-order valence-corrected chi connectivity index (χ0v) is 22.6. The van der Waals surface area contributed by atoms with Crippen LogP contribution in [0, 0.1) is 0 Å². The van der Waals surface area contributed by atoms with Crippen LogP contribution in [0.1, 0.15) is 6.92 Å². The van der Waals surface area contributed by atoms with E-state index in [0.29, 0.717) is 11.1 Å². The maximum absolute atomic E-state index is 6.68. The number of benzene rings is 2. The van der Waals surface area contributed by atoms with Crippen molar-refractivity contribution in [3.8, 4) is 16.9 Å². The lowest BCUT2D eigenvalue weighted by Gasteiger charge is -2.27. The van der Waals surface area contributed by atoms with Gasteiger partial charge in [-0.2, -0.15) is 16.9 Å². The molecule has 0 spiro atoms. The standard InChI is InChI=1S/C26H29N7OS2/c1-16(24(35-5)13-32(2)3)34-22-9-17(18-11-30-33(4)12-18)8-21-25(22)26(28-14-27-21)31-19-6-7-20-23(10-19)36-15-29-20/h6-12,14-16,24H,13H2,1-5H3,(H,27,28,31). The van der Waals surface area contributed by atoms with Gasteiger partial charge in [0.15, 0.2) is 0 Å². The second-order valence-corrected chi connectivity index (χ2v) is 11.0. The fourth-order valence-corrected chi connectivity index (χ4v) is 5.80. The van der Waals surface area contributed by atoms with Gasteiger partial charge in [0.05, 0.1) is 38.1 Å². The molecule has 10 heteroatoms. The number of aromatic nitrogens is 5. The van der Waals surface area contributed by atoms with E-state index < -0.39 is 0 Å². The summed E-state index contributed by atoms with van der Waals surface area (Å²) in [4.78, 5) is 15.8. The molecular formula is C26H29N7OS2. The molecule has 0 saturated carbocycles. The Bertz CT molecular complexity index is 1500. The van der Waals surface area contributed by atoms with E-state index in [1.165, 1.54) is 0 Å². The Morgan fingerprint density at radius 2 is 1.97 bits per heavy atom. The van der Waals surface area contributed by atoms with E-state index in [4.69, 9.17) is 4.74 Å². The van der Waals surface area contributed by atoms with E-state index in [1.54, 1.807) is 22.3 Å². The second kappa shape index (κ2) is 10.4. The monoisotopic (exact) mass is 519 g/mol. The normalized spacial score (nSPS) is 13.4. The van der Waals surface area contributed by atoms with Gasteiger partial charge in [-0.15, -0.1) is 11.3 Å². The van der Waals surface area contributed by atoms with Gasteiger partial charge >= 0.3 is 0 Å². The van der Waals surface area contributed by atoms with Crippen molar-refractivity contribution in [2.24, 2.45) is 7.05 Å². The number of nitrogens with one attached hydrogen (secondary N) is 1. The molecule has 186 valence electrons. The van der Waals surface area contributed by atoms with Crippen LogP contribution in [0.25, 0.3) is 32.2 Å². The van der Waals surface area contributed by atoms with Crippen molar-refractivity contribution in [1.29, 1.82) is 0 Å². The van der Waals surface area contributed by atoms with Crippen molar-refractivity contribution in [2.75, 3.05) is 32.2 Å². The third kappa shape index (κ3) is 5.16. The van der Waals surface area contributed by atoms with Gasteiger partial charge in [-0.25, -0.2) is 15.0 Å². The van der Waals surface area contributed by atoms with E-state index in [9.17, 15) is 0 Å². The van der Waals surface area contributed by atoms with Crippen LogP contribution in [-0.4, -0.2) is 67.9 Å². The van der Waals surface area contributed by atoms with Crippen molar-refractivity contribution in [1.82, 2.24) is 29.6 Å². The molecule has 3 heterocycles. The van der Waals surface area contributed by atoms with Crippen molar-refractivity contribution < 1.29 is 4.74 Å². The SMILES string of the molecule is CSC(CN(C)C)C(C)Oc1cc(-c2cnn(C)c2)cc2ncnc(Nc3ccc4ncsc4c3)c12. The molecule has 5 rings (SSSR count). The van der Waals surface area contributed by atoms with Crippen LogP contribution in [-0.2, 0) is 7.05 Å². The highest BCUT2D eigenvalue weighted by atomic mass is 32.2. The highest BCUT2D eigenvalue weighted by Gasteiger charge is 2.22. The molecule has 0 bridgehead atoms. The summed E-state index contributed by atoms with van der Waals surface area (Å²) in [5.41, 5.74) is 6.61. The average molecular weight is 520 g/mol. The largest absolute Gasteiger partial charge is 0.489 e. The van der Waals surface area contributed by atoms with Gasteiger partial charge in [-0.05, 0) is 63.2 Å². The van der Waals surface area contributed by atoms with Crippen molar-refractivity contribution >= 4 is 55.7 Å². The molecule has 5 aromatic rings. The first-order chi connectivity index (χ1) is 17.4. The number of fused-ring (bicyclic) bond motifs is 2. The fraction of sp³-hybridized carbons (Fsp3) is 0.308. The van der Waals surface area contributed by atoms with Gasteiger partial charge in [0.25, 0.3) is 0 Å². The molecule has 0 amide bonds. The lowest BCUT2D eigenvalue weighted by atomic mass is 10.1. The van der Waals surface area contributed by atoms with E-state index in [-0.39, 0.29) is 6.10 Å². The number of rotatable bonds is 9. The predicted molar refractivity (Wildman–Crippen MR) is 151 cm³/mol. The Kier molecular flexibility index (Phi) is 7.08. The van der Waals surface area contributed by atoms with Crippen LogP contribution in [0.15, 0.2) is 54.6 Å². The molecule has 3 aromatic heterocycles. The molecule has 0 aliphatic rings. The highest BCUT2D eigenvalue weighted by Crippen LogP contribution is 2.37. The average Bonchev–Trinajstić information content (AvgIpc) is 3.50. The molecule has 0 saturated heterocycles. The van der Waals surface area contributed by atoms with Crippen molar-refractivity contribution in [3.63, 3.8) is 0 Å². The van der Waals surface area contributed by atoms with Gasteiger partial charge in [0.1, 0.15) is 24.0 Å². The summed E-state index contributed by atoms with van der Waals surface area (Å²) < 4.78 is 9.60. The maximum Gasteiger partial charge on any atom is 0.145 e. The third-order valence-corrected chi connectivity index (χ3v) is 7.95. The quantitative estimate of drug-likeness (QED) is 0.276. The number of nitrogens with zero attached hydrogens (tertiary/aromatic N) is 6. The Labute approximate surface area is 218 Å². The van der Waals surface area contributed by atoms with Gasteiger partial charge < -0.3 is 15.0 Å². The smallest absolute Gasteiger partial charge is 0.145 e. The summed E-state index contributed by atoms with van der Waals surface area (Å²) in [6.45, 7) is 3.04. The zero-order chi connectivity index (χ0) is 25.2. The van der Waals surface area contributed by atoms with Crippen LogP contribution in [0.2, 0.25) is 0 Å². The first-order valence-electron chi connectivity index (χ1n) is 11.6. The van der Waals surface area contributed by atoms with Crippen LogP contribution >= 0.6 is 23.1 Å². The summed E-state index contributed by atoms with van der Waals surface area (Å²) in [5, 5.41) is 9.00. The van der Waals surface area contributed by atoms with Crippen LogP contribution in [0.4, 0.5) is 11.5 Å². The summed E-state index contributed by atoms with van der Waals surface area (Å²) in [6.07, 6.45) is 7.54. The molecular weight excluding hydrogens is 490 g/mol. The number of hydrogen-bond donors (Lipinski definition) is 1. The summed E-state index contributed by atoms with van der Waals surface area (Å²) in [7, 11) is 6.09. The topological polar surface area (TPSA) is 81.0 Å². The number of anilines is 2. The first kappa shape index (κ1) is 24.5. The Balaban J connectivity index is 1.59. The summed E-state index contributed by atoms with van der Waals surface area (Å²) in [5.74, 6) is 1.45. The van der Waals surface area contributed by atoms with Gasteiger partial charge in [0.2, 0.25) is 0 Å². The Hall–Kier alpha value is -3.21. The van der Waals surface area contributed by atoms with Crippen LogP contribution in [0.3, 0.4) is 0 Å². The van der Waals surface area contributed by atoms with E-state index in [0.717, 1.165) is 50.2 Å². The van der Waals surface area contributed by atoms with Gasteiger partial charge in [0, 0.05) is 31.0 Å². The fourth-order valence-electron chi connectivity index (χ4n) is 4.20. The maximum atomic E-state index is 6.68. The van der Waals surface area contributed by atoms with Crippen molar-refractivity contribution in [3.05, 3.63) is 54.6 Å². The lowest BCUT2D eigenvalue weighted by molar-refractivity contribution is 0.204. The van der Waals surface area contributed by atoms with E-state index >= 15 is 0 Å². The third-order valence-electron chi connectivity index (χ3n) is 6.02. The predicted octanol–water partition coefficient (Wildman–Crippen LogP) is 5.44. The molecule has 1 N–H and O–H groups in total. The first-order valence-corrected chi connectivity index (χ1v) is 13.8.